The summed E-state index contributed by atoms with van der Waals surface area (Å²) in [5.41, 5.74) is 2.48. The van der Waals surface area contributed by atoms with Crippen molar-refractivity contribution in [3.63, 3.8) is 0 Å². The van der Waals surface area contributed by atoms with Crippen LogP contribution in [0.4, 0.5) is 4.39 Å². The highest BCUT2D eigenvalue weighted by Crippen LogP contribution is 2.34. The summed E-state index contributed by atoms with van der Waals surface area (Å²) in [5, 5.41) is 3.15. The van der Waals surface area contributed by atoms with Gasteiger partial charge in [0.2, 0.25) is 0 Å². The Balaban J connectivity index is 2.53. The van der Waals surface area contributed by atoms with E-state index in [4.69, 9.17) is 9.47 Å². The zero-order valence-electron chi connectivity index (χ0n) is 12.7. The minimum Gasteiger partial charge on any atom is -0.497 e. The van der Waals surface area contributed by atoms with Crippen molar-refractivity contribution >= 4 is 0 Å². The number of methoxy groups -OCH3 is 2. The highest BCUT2D eigenvalue weighted by molar-refractivity contribution is 5.46. The lowest BCUT2D eigenvalue weighted by molar-refractivity contribution is 0.388. The summed E-state index contributed by atoms with van der Waals surface area (Å²) >= 11 is 0. The van der Waals surface area contributed by atoms with Gasteiger partial charge in [0.1, 0.15) is 17.3 Å². The molecule has 0 radical (unpaired) electrons. The maximum Gasteiger partial charge on any atom is 0.128 e. The number of aryl methyl sites for hydroxylation is 1. The van der Waals surface area contributed by atoms with Crippen molar-refractivity contribution in [2.45, 2.75) is 13.0 Å². The highest BCUT2D eigenvalue weighted by atomic mass is 19.1. The lowest BCUT2D eigenvalue weighted by atomic mass is 9.96. The van der Waals surface area contributed by atoms with E-state index < -0.39 is 0 Å². The van der Waals surface area contributed by atoms with Crippen LogP contribution in [0.5, 0.6) is 11.5 Å². The Hall–Kier alpha value is -2.07. The molecule has 4 heteroatoms. The first kappa shape index (κ1) is 15.3. The maximum absolute atomic E-state index is 14.2. The van der Waals surface area contributed by atoms with Crippen molar-refractivity contribution in [1.29, 1.82) is 0 Å². The summed E-state index contributed by atoms with van der Waals surface area (Å²) in [5.74, 6) is 1.13. The van der Waals surface area contributed by atoms with E-state index in [-0.39, 0.29) is 11.9 Å². The quantitative estimate of drug-likeness (QED) is 0.914. The molecule has 112 valence electrons. The fourth-order valence-electron chi connectivity index (χ4n) is 2.42. The summed E-state index contributed by atoms with van der Waals surface area (Å²) in [7, 11) is 5.00. The summed E-state index contributed by atoms with van der Waals surface area (Å²) in [4.78, 5) is 0. The minimum atomic E-state index is -0.286. The molecule has 2 rings (SSSR count). The van der Waals surface area contributed by atoms with Crippen molar-refractivity contribution in [1.82, 2.24) is 5.32 Å². The van der Waals surface area contributed by atoms with Gasteiger partial charge in [-0.1, -0.05) is 17.7 Å². The Morgan fingerprint density at radius 1 is 1.00 bits per heavy atom. The molecule has 0 aliphatic heterocycles. The van der Waals surface area contributed by atoms with Gasteiger partial charge in [0, 0.05) is 17.2 Å². The van der Waals surface area contributed by atoms with Crippen molar-refractivity contribution in [3.8, 4) is 11.5 Å². The van der Waals surface area contributed by atoms with Gasteiger partial charge in [-0.3, -0.25) is 0 Å². The fraction of sp³-hybridized carbons (Fsp3) is 0.294. The minimum absolute atomic E-state index is 0.238. The number of halogens is 1. The van der Waals surface area contributed by atoms with Crippen molar-refractivity contribution in [2.75, 3.05) is 21.3 Å². The second-order valence-electron chi connectivity index (χ2n) is 4.85. The first-order chi connectivity index (χ1) is 10.1. The van der Waals surface area contributed by atoms with E-state index in [9.17, 15) is 4.39 Å². The highest BCUT2D eigenvalue weighted by Gasteiger charge is 2.20. The van der Waals surface area contributed by atoms with Gasteiger partial charge in [0.15, 0.2) is 0 Å². The molecular weight excluding hydrogens is 269 g/mol. The number of hydrogen-bond acceptors (Lipinski definition) is 3. The lowest BCUT2D eigenvalue weighted by Crippen LogP contribution is -2.20. The molecule has 1 atom stereocenters. The van der Waals surface area contributed by atoms with E-state index in [1.807, 2.05) is 25.1 Å². The third-order valence-corrected chi connectivity index (χ3v) is 3.50. The molecule has 1 unspecified atom stereocenters. The third kappa shape index (κ3) is 3.16. The van der Waals surface area contributed by atoms with Gasteiger partial charge in [-0.25, -0.2) is 4.39 Å². The monoisotopic (exact) mass is 289 g/mol. The van der Waals surface area contributed by atoms with Gasteiger partial charge in [0.05, 0.1) is 20.3 Å². The molecule has 0 aliphatic carbocycles. The average molecular weight is 289 g/mol. The van der Waals surface area contributed by atoms with E-state index in [2.05, 4.69) is 5.32 Å². The number of ether oxygens (including phenoxy) is 2. The molecule has 0 aromatic heterocycles. The van der Waals surface area contributed by atoms with E-state index in [1.54, 1.807) is 33.4 Å². The van der Waals surface area contributed by atoms with Crippen LogP contribution in [-0.2, 0) is 0 Å². The zero-order valence-corrected chi connectivity index (χ0v) is 12.7. The zero-order chi connectivity index (χ0) is 15.4. The molecule has 2 aromatic rings. The normalized spacial score (nSPS) is 12.0. The van der Waals surface area contributed by atoms with Crippen LogP contribution in [0, 0.1) is 12.7 Å². The van der Waals surface area contributed by atoms with Gasteiger partial charge in [-0.05, 0) is 32.2 Å². The van der Waals surface area contributed by atoms with E-state index in [1.165, 1.54) is 6.07 Å². The van der Waals surface area contributed by atoms with Gasteiger partial charge < -0.3 is 14.8 Å². The van der Waals surface area contributed by atoms with Crippen LogP contribution in [-0.4, -0.2) is 21.3 Å². The van der Waals surface area contributed by atoms with Gasteiger partial charge in [-0.2, -0.15) is 0 Å². The topological polar surface area (TPSA) is 30.5 Å². The molecule has 0 saturated carbocycles. The number of nitrogens with one attached hydrogen (secondary N) is 1. The van der Waals surface area contributed by atoms with Gasteiger partial charge >= 0.3 is 0 Å². The molecule has 0 saturated heterocycles. The Kier molecular flexibility index (Phi) is 4.81. The predicted molar refractivity (Wildman–Crippen MR) is 81.6 cm³/mol. The van der Waals surface area contributed by atoms with Crippen LogP contribution in [0.25, 0.3) is 0 Å². The molecule has 21 heavy (non-hydrogen) atoms. The first-order valence-corrected chi connectivity index (χ1v) is 6.76. The Morgan fingerprint density at radius 2 is 1.76 bits per heavy atom. The van der Waals surface area contributed by atoms with Crippen molar-refractivity contribution in [2.24, 2.45) is 0 Å². The molecule has 2 aromatic carbocycles. The average Bonchev–Trinajstić information content (AvgIpc) is 2.51. The van der Waals surface area contributed by atoms with Crippen LogP contribution in [0.2, 0.25) is 0 Å². The Morgan fingerprint density at radius 3 is 2.38 bits per heavy atom. The molecule has 0 aliphatic rings. The largest absolute Gasteiger partial charge is 0.497 e. The lowest BCUT2D eigenvalue weighted by Gasteiger charge is -2.21. The molecule has 0 fully saturated rings. The van der Waals surface area contributed by atoms with Crippen molar-refractivity contribution < 1.29 is 13.9 Å². The molecule has 3 nitrogen and oxygen atoms in total. The molecule has 1 N–H and O–H groups in total. The van der Waals surface area contributed by atoms with E-state index in [0.29, 0.717) is 17.1 Å². The number of rotatable bonds is 5. The van der Waals surface area contributed by atoms with Crippen LogP contribution in [0.1, 0.15) is 22.7 Å². The molecule has 0 amide bonds. The number of hydrogen-bond donors (Lipinski definition) is 1. The van der Waals surface area contributed by atoms with Gasteiger partial charge in [0.25, 0.3) is 0 Å². The first-order valence-electron chi connectivity index (χ1n) is 6.76. The van der Waals surface area contributed by atoms with E-state index in [0.717, 1.165) is 11.1 Å². The second kappa shape index (κ2) is 6.59. The summed E-state index contributed by atoms with van der Waals surface area (Å²) in [6.07, 6.45) is 0. The SMILES string of the molecule is CNC(c1cc(C)ccc1F)c1ccc(OC)cc1OC. The van der Waals surface area contributed by atoms with Crippen LogP contribution >= 0.6 is 0 Å². The third-order valence-electron chi connectivity index (χ3n) is 3.50. The second-order valence-corrected chi connectivity index (χ2v) is 4.85. The summed E-state index contributed by atoms with van der Waals surface area (Å²) in [6.45, 7) is 1.95. The standard InChI is InChI=1S/C17H20FNO2/c1-11-5-8-15(18)14(9-11)17(19-2)13-7-6-12(20-3)10-16(13)21-4/h5-10,17,19H,1-4H3. The van der Waals surface area contributed by atoms with Crippen molar-refractivity contribution in [3.05, 3.63) is 58.9 Å². The van der Waals surface area contributed by atoms with E-state index >= 15 is 0 Å². The predicted octanol–water partition coefficient (Wildman–Crippen LogP) is 3.46. The molecular formula is C17H20FNO2. The molecule has 0 bridgehead atoms. The van der Waals surface area contributed by atoms with Gasteiger partial charge in [-0.15, -0.1) is 0 Å². The smallest absolute Gasteiger partial charge is 0.128 e. The Labute approximate surface area is 124 Å². The fourth-order valence-corrected chi connectivity index (χ4v) is 2.42. The molecule has 0 heterocycles. The Bertz CT molecular complexity index is 628. The summed E-state index contributed by atoms with van der Waals surface area (Å²) < 4.78 is 24.8. The maximum atomic E-state index is 14.2. The summed E-state index contributed by atoms with van der Waals surface area (Å²) in [6, 6.07) is 10.3. The van der Waals surface area contributed by atoms with Crippen LogP contribution < -0.4 is 14.8 Å². The van der Waals surface area contributed by atoms with Crippen LogP contribution in [0.3, 0.4) is 0 Å². The molecule has 0 spiro atoms. The number of benzene rings is 2. The van der Waals surface area contributed by atoms with Crippen LogP contribution in [0.15, 0.2) is 36.4 Å².